The van der Waals surface area contributed by atoms with Crippen LogP contribution in [0.3, 0.4) is 0 Å². The minimum Gasteiger partial charge on any atom is -0.344 e. The number of rotatable bonds is 7. The molecule has 16 heavy (non-hydrogen) atoms. The van der Waals surface area contributed by atoms with E-state index >= 15 is 0 Å². The van der Waals surface area contributed by atoms with Gasteiger partial charge in [0.1, 0.15) is 0 Å². The summed E-state index contributed by atoms with van der Waals surface area (Å²) < 4.78 is 0. The first-order valence-corrected chi connectivity index (χ1v) is 5.63. The fourth-order valence-electron chi connectivity index (χ4n) is 1.10. The zero-order valence-corrected chi connectivity index (χ0v) is 10.7. The van der Waals surface area contributed by atoms with Crippen LogP contribution in [0.2, 0.25) is 0 Å². The summed E-state index contributed by atoms with van der Waals surface area (Å²) in [6.07, 6.45) is 5.06. The third-order valence-corrected chi connectivity index (χ3v) is 2.55. The summed E-state index contributed by atoms with van der Waals surface area (Å²) in [5, 5.41) is 5.80. The van der Waals surface area contributed by atoms with Gasteiger partial charge >= 0.3 is 0 Å². The number of carbonyl (C=O) groups is 1. The normalized spacial score (nSPS) is 12.6. The number of hydrogen-bond acceptors (Lipinski definition) is 3. The molecule has 4 heteroatoms. The van der Waals surface area contributed by atoms with Crippen molar-refractivity contribution < 1.29 is 4.79 Å². The van der Waals surface area contributed by atoms with E-state index in [0.717, 1.165) is 13.1 Å². The molecular formula is C12H23N3O. The van der Waals surface area contributed by atoms with Crippen LogP contribution in [-0.4, -0.2) is 49.6 Å². The molecule has 1 amide bonds. The van der Waals surface area contributed by atoms with E-state index in [0.29, 0.717) is 6.04 Å². The molecule has 4 nitrogen and oxygen atoms in total. The topological polar surface area (TPSA) is 44.4 Å². The minimum atomic E-state index is -0.200. The Balaban J connectivity index is 3.69. The van der Waals surface area contributed by atoms with Gasteiger partial charge in [-0.15, -0.1) is 6.42 Å². The Labute approximate surface area is 98.8 Å². The van der Waals surface area contributed by atoms with Gasteiger partial charge < -0.3 is 15.5 Å². The van der Waals surface area contributed by atoms with Crippen molar-refractivity contribution in [3.63, 3.8) is 0 Å². The van der Waals surface area contributed by atoms with Crippen molar-refractivity contribution >= 4 is 5.91 Å². The molecule has 0 aromatic carbocycles. The highest BCUT2D eigenvalue weighted by atomic mass is 16.2. The van der Waals surface area contributed by atoms with Crippen molar-refractivity contribution in [2.75, 3.05) is 26.7 Å². The quantitative estimate of drug-likeness (QED) is 0.602. The Bertz CT molecular complexity index is 245. The molecule has 0 aromatic rings. The summed E-state index contributed by atoms with van der Waals surface area (Å²) in [6, 6.07) is 0.321. The first kappa shape index (κ1) is 14.9. The molecule has 0 aliphatic heterocycles. The van der Waals surface area contributed by atoms with Crippen LogP contribution in [0, 0.1) is 12.3 Å². The lowest BCUT2D eigenvalue weighted by Gasteiger charge is -2.22. The van der Waals surface area contributed by atoms with Crippen molar-refractivity contribution in [2.24, 2.45) is 0 Å². The van der Waals surface area contributed by atoms with E-state index in [1.54, 1.807) is 0 Å². The Morgan fingerprint density at radius 3 is 2.56 bits per heavy atom. The van der Waals surface area contributed by atoms with Gasteiger partial charge in [0.2, 0.25) is 5.91 Å². The van der Waals surface area contributed by atoms with Crippen molar-refractivity contribution in [3.8, 4) is 12.3 Å². The summed E-state index contributed by atoms with van der Waals surface area (Å²) in [5.41, 5.74) is 0. The van der Waals surface area contributed by atoms with Gasteiger partial charge in [0.05, 0.1) is 12.6 Å². The van der Waals surface area contributed by atoms with Gasteiger partial charge in [0.15, 0.2) is 0 Å². The third kappa shape index (κ3) is 6.44. The summed E-state index contributed by atoms with van der Waals surface area (Å²) in [7, 11) is 2.06. The molecule has 1 unspecified atom stereocenters. The average molecular weight is 225 g/mol. The molecular weight excluding hydrogens is 202 g/mol. The number of terminal acetylenes is 1. The highest BCUT2D eigenvalue weighted by Gasteiger charge is 2.11. The van der Waals surface area contributed by atoms with Crippen LogP contribution in [0.1, 0.15) is 20.8 Å². The maximum atomic E-state index is 11.4. The second-order valence-corrected chi connectivity index (χ2v) is 4.17. The number of nitrogens with one attached hydrogen (secondary N) is 2. The lowest BCUT2D eigenvalue weighted by Crippen LogP contribution is -2.45. The molecule has 0 spiro atoms. The molecule has 0 fully saturated rings. The van der Waals surface area contributed by atoms with Gasteiger partial charge in [0, 0.05) is 19.1 Å². The first-order chi connectivity index (χ1) is 7.49. The highest BCUT2D eigenvalue weighted by Crippen LogP contribution is 1.91. The lowest BCUT2D eigenvalue weighted by molar-refractivity contribution is -0.122. The molecule has 0 heterocycles. The van der Waals surface area contributed by atoms with Gasteiger partial charge in [-0.05, 0) is 27.8 Å². The highest BCUT2D eigenvalue weighted by molar-refractivity contribution is 5.81. The molecule has 0 radical (unpaired) electrons. The van der Waals surface area contributed by atoms with Crippen LogP contribution in [0.4, 0.5) is 0 Å². The Kier molecular flexibility index (Phi) is 7.61. The molecule has 0 aliphatic carbocycles. The molecule has 1 atom stereocenters. The SMILES string of the molecule is C#CCNC(=O)C(C)NCCN(C)C(C)C. The molecule has 0 rings (SSSR count). The minimum absolute atomic E-state index is 0.0508. The molecule has 2 N–H and O–H groups in total. The van der Waals surface area contributed by atoms with Crippen LogP contribution in [-0.2, 0) is 4.79 Å². The van der Waals surface area contributed by atoms with Crippen molar-refractivity contribution in [1.82, 2.24) is 15.5 Å². The molecule has 0 aliphatic rings. The van der Waals surface area contributed by atoms with Crippen molar-refractivity contribution in [2.45, 2.75) is 32.9 Å². The van der Waals surface area contributed by atoms with Gasteiger partial charge in [0.25, 0.3) is 0 Å². The number of carbonyl (C=O) groups excluding carboxylic acids is 1. The molecule has 0 saturated carbocycles. The van der Waals surface area contributed by atoms with E-state index in [1.165, 1.54) is 0 Å². The summed E-state index contributed by atoms with van der Waals surface area (Å²) >= 11 is 0. The first-order valence-electron chi connectivity index (χ1n) is 5.63. The summed E-state index contributed by atoms with van der Waals surface area (Å²) in [4.78, 5) is 13.7. The predicted molar refractivity (Wildman–Crippen MR) is 67.1 cm³/mol. The fourth-order valence-corrected chi connectivity index (χ4v) is 1.10. The zero-order valence-electron chi connectivity index (χ0n) is 10.7. The molecule has 0 bridgehead atoms. The van der Waals surface area contributed by atoms with E-state index in [4.69, 9.17) is 6.42 Å². The Morgan fingerprint density at radius 1 is 1.44 bits per heavy atom. The largest absolute Gasteiger partial charge is 0.344 e. The smallest absolute Gasteiger partial charge is 0.237 e. The van der Waals surface area contributed by atoms with Crippen LogP contribution in [0.15, 0.2) is 0 Å². The lowest BCUT2D eigenvalue weighted by atomic mass is 10.3. The number of likely N-dealkylation sites (N-methyl/N-ethyl adjacent to an activating group) is 1. The van der Waals surface area contributed by atoms with Crippen LogP contribution >= 0.6 is 0 Å². The van der Waals surface area contributed by atoms with Crippen LogP contribution in [0.5, 0.6) is 0 Å². The maximum absolute atomic E-state index is 11.4. The van der Waals surface area contributed by atoms with E-state index in [2.05, 4.69) is 42.3 Å². The average Bonchev–Trinajstić information content (AvgIpc) is 2.25. The third-order valence-electron chi connectivity index (χ3n) is 2.55. The Hall–Kier alpha value is -1.05. The molecule has 0 saturated heterocycles. The number of hydrogen-bond donors (Lipinski definition) is 2. The van der Waals surface area contributed by atoms with E-state index in [9.17, 15) is 4.79 Å². The van der Waals surface area contributed by atoms with Gasteiger partial charge in [-0.1, -0.05) is 5.92 Å². The number of nitrogens with zero attached hydrogens (tertiary/aromatic N) is 1. The van der Waals surface area contributed by atoms with Gasteiger partial charge in [-0.3, -0.25) is 4.79 Å². The standard InChI is InChI=1S/C12H23N3O/c1-6-7-14-12(16)11(4)13-8-9-15(5)10(2)3/h1,10-11,13H,7-9H2,2-5H3,(H,14,16). The second-order valence-electron chi connectivity index (χ2n) is 4.17. The summed E-state index contributed by atoms with van der Waals surface area (Å²) in [5.74, 6) is 2.32. The van der Waals surface area contributed by atoms with E-state index < -0.39 is 0 Å². The monoisotopic (exact) mass is 225 g/mol. The van der Waals surface area contributed by atoms with E-state index in [1.807, 2.05) is 6.92 Å². The van der Waals surface area contributed by atoms with Crippen molar-refractivity contribution in [1.29, 1.82) is 0 Å². The molecule has 92 valence electrons. The van der Waals surface area contributed by atoms with Gasteiger partial charge in [-0.2, -0.15) is 0 Å². The second kappa shape index (κ2) is 8.14. The molecule has 0 aromatic heterocycles. The number of amides is 1. The van der Waals surface area contributed by atoms with Crippen LogP contribution < -0.4 is 10.6 Å². The van der Waals surface area contributed by atoms with Gasteiger partial charge in [-0.25, -0.2) is 0 Å². The fraction of sp³-hybridized carbons (Fsp3) is 0.750. The van der Waals surface area contributed by atoms with Crippen molar-refractivity contribution in [3.05, 3.63) is 0 Å². The Morgan fingerprint density at radius 2 is 2.06 bits per heavy atom. The van der Waals surface area contributed by atoms with Crippen LogP contribution in [0.25, 0.3) is 0 Å². The zero-order chi connectivity index (χ0) is 12.6. The predicted octanol–water partition coefficient (Wildman–Crippen LogP) is 0.0541. The van der Waals surface area contributed by atoms with E-state index in [-0.39, 0.29) is 18.5 Å². The summed E-state index contributed by atoms with van der Waals surface area (Å²) in [6.45, 7) is 8.12. The maximum Gasteiger partial charge on any atom is 0.237 e.